The Hall–Kier alpha value is -0.980. The van der Waals surface area contributed by atoms with Gasteiger partial charge in [-0.2, -0.15) is 0 Å². The number of hydrogen-bond donors (Lipinski definition) is 3. The standard InChI is InChI=1S/C14H19BrN4O/c15-14-7-11-12(8-17-14)19(9-18-11)6-2-3-10-13(20)4-1-5-16-10/h7-10,13,16,20H,1-6H2/p+1/t10-,13+/m1/s1. The second-order valence-electron chi connectivity index (χ2n) is 5.40. The SMILES string of the molecule is O[C@H]1CCCN[C@@H]1CCC[n+]1c[nH]c2cc(Br)ncc21. The third-order valence-corrected chi connectivity index (χ3v) is 4.43. The van der Waals surface area contributed by atoms with Crippen LogP contribution in [0.4, 0.5) is 0 Å². The van der Waals surface area contributed by atoms with Gasteiger partial charge in [-0.25, -0.2) is 14.5 Å². The maximum Gasteiger partial charge on any atom is 0.242 e. The summed E-state index contributed by atoms with van der Waals surface area (Å²) in [6, 6.07) is 2.24. The molecule has 3 rings (SSSR count). The molecule has 3 N–H and O–H groups in total. The molecule has 1 fully saturated rings. The third kappa shape index (κ3) is 3.02. The molecule has 1 aliphatic rings. The molecule has 0 saturated carbocycles. The number of halogens is 1. The van der Waals surface area contributed by atoms with Gasteiger partial charge < -0.3 is 10.4 Å². The zero-order valence-electron chi connectivity index (χ0n) is 11.3. The van der Waals surface area contributed by atoms with E-state index in [0.29, 0.717) is 0 Å². The molecule has 1 saturated heterocycles. The maximum absolute atomic E-state index is 9.94. The predicted molar refractivity (Wildman–Crippen MR) is 80.3 cm³/mol. The van der Waals surface area contributed by atoms with Crippen LogP contribution < -0.4 is 9.88 Å². The Morgan fingerprint density at radius 3 is 3.25 bits per heavy atom. The number of aliphatic hydroxyl groups excluding tert-OH is 1. The van der Waals surface area contributed by atoms with E-state index in [-0.39, 0.29) is 12.1 Å². The van der Waals surface area contributed by atoms with Crippen molar-refractivity contribution in [2.45, 2.75) is 44.4 Å². The predicted octanol–water partition coefficient (Wildman–Crippen LogP) is 1.51. The van der Waals surface area contributed by atoms with Gasteiger partial charge in [0.15, 0.2) is 11.0 Å². The smallest absolute Gasteiger partial charge is 0.242 e. The summed E-state index contributed by atoms with van der Waals surface area (Å²) in [6.07, 6.45) is 7.74. The number of aromatic nitrogens is 3. The van der Waals surface area contributed by atoms with Crippen molar-refractivity contribution in [3.63, 3.8) is 0 Å². The molecule has 6 heteroatoms. The average molecular weight is 340 g/mol. The van der Waals surface area contributed by atoms with Gasteiger partial charge in [-0.1, -0.05) is 0 Å². The Balaban J connectivity index is 1.59. The first-order chi connectivity index (χ1) is 9.74. The van der Waals surface area contributed by atoms with Crippen molar-refractivity contribution in [1.29, 1.82) is 0 Å². The first-order valence-electron chi connectivity index (χ1n) is 7.17. The van der Waals surface area contributed by atoms with E-state index in [0.717, 1.165) is 54.4 Å². The number of aliphatic hydroxyl groups is 1. The largest absolute Gasteiger partial charge is 0.392 e. The number of aromatic amines is 1. The Bertz CT molecular complexity index is 586. The van der Waals surface area contributed by atoms with E-state index >= 15 is 0 Å². The van der Waals surface area contributed by atoms with Crippen LogP contribution >= 0.6 is 15.9 Å². The molecule has 108 valence electrons. The van der Waals surface area contributed by atoms with Gasteiger partial charge in [-0.3, -0.25) is 0 Å². The van der Waals surface area contributed by atoms with Crippen LogP contribution in [0.3, 0.4) is 0 Å². The molecule has 0 amide bonds. The summed E-state index contributed by atoms with van der Waals surface area (Å²) >= 11 is 3.38. The number of imidazole rings is 1. The number of nitrogens with zero attached hydrogens (tertiary/aromatic N) is 2. The summed E-state index contributed by atoms with van der Waals surface area (Å²) in [5, 5.41) is 13.3. The molecule has 0 aromatic carbocycles. The Kier molecular flexibility index (Phi) is 4.33. The van der Waals surface area contributed by atoms with Gasteiger partial charge in [0.25, 0.3) is 0 Å². The highest BCUT2D eigenvalue weighted by molar-refractivity contribution is 9.10. The van der Waals surface area contributed by atoms with Crippen LogP contribution in [0.1, 0.15) is 25.7 Å². The van der Waals surface area contributed by atoms with Crippen LogP contribution in [0.15, 0.2) is 23.2 Å². The zero-order valence-corrected chi connectivity index (χ0v) is 12.9. The second kappa shape index (κ2) is 6.20. The second-order valence-corrected chi connectivity index (χ2v) is 6.22. The van der Waals surface area contributed by atoms with Crippen LogP contribution in [0, 0.1) is 0 Å². The summed E-state index contributed by atoms with van der Waals surface area (Å²) in [5.41, 5.74) is 2.20. The van der Waals surface area contributed by atoms with E-state index in [1.54, 1.807) is 0 Å². The molecule has 2 atom stereocenters. The molecule has 0 bridgehead atoms. The Morgan fingerprint density at radius 1 is 1.50 bits per heavy atom. The van der Waals surface area contributed by atoms with Crippen LogP contribution in [0.2, 0.25) is 0 Å². The van der Waals surface area contributed by atoms with Gasteiger partial charge in [-0.15, -0.1) is 0 Å². The molecular formula is C14H20BrN4O+. The van der Waals surface area contributed by atoms with E-state index in [2.05, 4.69) is 35.8 Å². The van der Waals surface area contributed by atoms with E-state index in [9.17, 15) is 5.11 Å². The van der Waals surface area contributed by atoms with E-state index in [1.165, 1.54) is 0 Å². The number of hydrogen-bond acceptors (Lipinski definition) is 3. The van der Waals surface area contributed by atoms with Crippen LogP contribution in [-0.2, 0) is 6.54 Å². The summed E-state index contributed by atoms with van der Waals surface area (Å²) in [5.74, 6) is 0. The number of nitrogens with one attached hydrogen (secondary N) is 2. The summed E-state index contributed by atoms with van der Waals surface area (Å²) in [7, 11) is 0. The van der Waals surface area contributed by atoms with Gasteiger partial charge in [0.1, 0.15) is 4.60 Å². The number of rotatable bonds is 4. The monoisotopic (exact) mass is 339 g/mol. The first-order valence-corrected chi connectivity index (χ1v) is 7.97. The number of piperidine rings is 1. The zero-order chi connectivity index (χ0) is 13.9. The fourth-order valence-corrected chi connectivity index (χ4v) is 3.21. The quantitative estimate of drug-likeness (QED) is 0.584. The number of H-pyrrole nitrogens is 1. The molecule has 2 aromatic heterocycles. The molecule has 1 aliphatic heterocycles. The van der Waals surface area contributed by atoms with Crippen molar-refractivity contribution < 1.29 is 9.67 Å². The van der Waals surface area contributed by atoms with Gasteiger partial charge in [-0.05, 0) is 48.2 Å². The van der Waals surface area contributed by atoms with E-state index in [1.807, 2.05) is 18.6 Å². The van der Waals surface area contributed by atoms with Gasteiger partial charge in [0.05, 0.1) is 18.8 Å². The first kappa shape index (κ1) is 14.0. The fraction of sp³-hybridized carbons (Fsp3) is 0.571. The lowest BCUT2D eigenvalue weighted by molar-refractivity contribution is -0.671. The Labute approximate surface area is 126 Å². The van der Waals surface area contributed by atoms with Gasteiger partial charge >= 0.3 is 0 Å². The molecule has 5 nitrogen and oxygen atoms in total. The lowest BCUT2D eigenvalue weighted by Crippen LogP contribution is -2.45. The minimum atomic E-state index is -0.186. The highest BCUT2D eigenvalue weighted by Crippen LogP contribution is 2.14. The van der Waals surface area contributed by atoms with Gasteiger partial charge in [0, 0.05) is 12.1 Å². The number of pyridine rings is 1. The summed E-state index contributed by atoms with van der Waals surface area (Å²) < 4.78 is 3.03. The van der Waals surface area contributed by atoms with Crippen LogP contribution in [0.25, 0.3) is 11.0 Å². The number of fused-ring (bicyclic) bond motifs is 1. The summed E-state index contributed by atoms with van der Waals surface area (Å²) in [4.78, 5) is 7.53. The number of aryl methyl sites for hydroxylation is 1. The van der Waals surface area contributed by atoms with Crippen molar-refractivity contribution in [2.24, 2.45) is 0 Å². The van der Waals surface area contributed by atoms with Crippen molar-refractivity contribution in [2.75, 3.05) is 6.54 Å². The summed E-state index contributed by atoms with van der Waals surface area (Å²) in [6.45, 7) is 1.97. The molecular weight excluding hydrogens is 320 g/mol. The van der Waals surface area contributed by atoms with Crippen LogP contribution in [0.5, 0.6) is 0 Å². The Morgan fingerprint density at radius 2 is 2.40 bits per heavy atom. The van der Waals surface area contributed by atoms with E-state index < -0.39 is 0 Å². The molecule has 0 spiro atoms. The van der Waals surface area contributed by atoms with Crippen molar-refractivity contribution in [3.05, 3.63) is 23.2 Å². The molecule has 3 heterocycles. The average Bonchev–Trinajstić information content (AvgIpc) is 2.83. The molecule has 0 aliphatic carbocycles. The van der Waals surface area contributed by atoms with Gasteiger partial charge in [0.2, 0.25) is 6.33 Å². The fourth-order valence-electron chi connectivity index (χ4n) is 2.88. The van der Waals surface area contributed by atoms with Crippen LogP contribution in [-0.4, -0.2) is 33.8 Å². The highest BCUT2D eigenvalue weighted by atomic mass is 79.9. The van der Waals surface area contributed by atoms with Crippen molar-refractivity contribution >= 4 is 27.0 Å². The minimum Gasteiger partial charge on any atom is -0.392 e. The minimum absolute atomic E-state index is 0.186. The maximum atomic E-state index is 9.94. The van der Waals surface area contributed by atoms with E-state index in [4.69, 9.17) is 0 Å². The van der Waals surface area contributed by atoms with Crippen molar-refractivity contribution in [3.8, 4) is 0 Å². The lowest BCUT2D eigenvalue weighted by Gasteiger charge is -2.28. The normalized spacial score (nSPS) is 23.3. The topological polar surface area (TPSA) is 64.8 Å². The molecule has 20 heavy (non-hydrogen) atoms. The van der Waals surface area contributed by atoms with Crippen molar-refractivity contribution in [1.82, 2.24) is 15.3 Å². The molecule has 0 unspecified atom stereocenters. The third-order valence-electron chi connectivity index (χ3n) is 4.00. The molecule has 0 radical (unpaired) electrons. The lowest BCUT2D eigenvalue weighted by atomic mass is 9.97. The highest BCUT2D eigenvalue weighted by Gasteiger charge is 2.22. The molecule has 2 aromatic rings.